The van der Waals surface area contributed by atoms with E-state index in [0.29, 0.717) is 34.2 Å². The largest absolute Gasteiger partial charge is 0.497 e. The van der Waals surface area contributed by atoms with E-state index in [-0.39, 0.29) is 18.4 Å². The minimum Gasteiger partial charge on any atom is -0.497 e. The highest BCUT2D eigenvalue weighted by atomic mass is 32.1. The highest BCUT2D eigenvalue weighted by molar-refractivity contribution is 7.12. The van der Waals surface area contributed by atoms with E-state index in [1.54, 1.807) is 48.9 Å². The Morgan fingerprint density at radius 2 is 1.71 bits per heavy atom. The van der Waals surface area contributed by atoms with Crippen molar-refractivity contribution in [1.82, 2.24) is 10.6 Å². The summed E-state index contributed by atoms with van der Waals surface area (Å²) in [4.78, 5) is 42.3. The lowest BCUT2D eigenvalue weighted by atomic mass is 9.97. The molecule has 0 aliphatic rings. The molecule has 0 saturated carbocycles. The minimum atomic E-state index is -0.994. The monoisotopic (exact) mass is 535 g/mol. The summed E-state index contributed by atoms with van der Waals surface area (Å²) in [7, 11) is 1.56. The number of anilines is 1. The van der Waals surface area contributed by atoms with Gasteiger partial charge >= 0.3 is 0 Å². The smallest absolute Gasteiger partial charge is 0.261 e. The fourth-order valence-electron chi connectivity index (χ4n) is 3.91. The summed E-state index contributed by atoms with van der Waals surface area (Å²) in [6.07, 6.45) is 0.706. The Morgan fingerprint density at radius 1 is 1.00 bits per heavy atom. The second kappa shape index (κ2) is 12.7. The molecule has 3 amide bonds. The van der Waals surface area contributed by atoms with Crippen LogP contribution in [0.2, 0.25) is 0 Å². The molecule has 2 aromatic carbocycles. The van der Waals surface area contributed by atoms with Gasteiger partial charge in [-0.3, -0.25) is 19.3 Å². The molecule has 0 unspecified atom stereocenters. The summed E-state index contributed by atoms with van der Waals surface area (Å²) >= 11 is 1.30. The van der Waals surface area contributed by atoms with Crippen molar-refractivity contribution in [2.24, 2.45) is 0 Å². The van der Waals surface area contributed by atoms with Crippen LogP contribution in [0.15, 0.2) is 66.0 Å². The Morgan fingerprint density at radius 3 is 2.29 bits per heavy atom. The summed E-state index contributed by atoms with van der Waals surface area (Å²) in [6.45, 7) is 9.80. The zero-order valence-electron chi connectivity index (χ0n) is 22.9. The van der Waals surface area contributed by atoms with Crippen molar-refractivity contribution in [3.8, 4) is 5.75 Å². The summed E-state index contributed by atoms with van der Waals surface area (Å²) in [6, 6.07) is 17.2. The third-order valence-corrected chi connectivity index (χ3v) is 7.38. The number of hydrogen-bond donors (Lipinski definition) is 2. The molecule has 8 heteroatoms. The number of nitrogens with zero attached hydrogens (tertiary/aromatic N) is 1. The standard InChI is InChI=1S/C30H37N3O4S/c1-7-30(4,5)32-29(36)27(22-10-8-11-24(18-22)37-6)33(23-15-13-21(14-16-23)20(2)3)26(34)19-31-28(35)25-12-9-17-38-25/h8-18,20,27H,7,19H2,1-6H3,(H,31,35)(H,32,36)/t27-/m0/s1. The molecule has 0 spiro atoms. The van der Waals surface area contributed by atoms with E-state index in [1.165, 1.54) is 16.2 Å². The average molecular weight is 536 g/mol. The maximum atomic E-state index is 13.9. The van der Waals surface area contributed by atoms with Crippen LogP contribution in [0, 0.1) is 0 Å². The highest BCUT2D eigenvalue weighted by Crippen LogP contribution is 2.32. The Hall–Kier alpha value is -3.65. The van der Waals surface area contributed by atoms with Crippen LogP contribution in [-0.4, -0.2) is 36.9 Å². The van der Waals surface area contributed by atoms with Crippen molar-refractivity contribution >= 4 is 34.7 Å². The van der Waals surface area contributed by atoms with Crippen molar-refractivity contribution < 1.29 is 19.1 Å². The second-order valence-electron chi connectivity index (χ2n) is 10.1. The molecule has 1 atom stereocenters. The predicted molar refractivity (Wildman–Crippen MR) is 153 cm³/mol. The lowest BCUT2D eigenvalue weighted by Gasteiger charge is -2.35. The zero-order valence-corrected chi connectivity index (χ0v) is 23.7. The van der Waals surface area contributed by atoms with Crippen LogP contribution < -0.4 is 20.3 Å². The summed E-state index contributed by atoms with van der Waals surface area (Å²) in [5, 5.41) is 7.62. The van der Waals surface area contributed by atoms with E-state index in [1.807, 2.05) is 45.0 Å². The molecule has 0 fully saturated rings. The van der Waals surface area contributed by atoms with Crippen LogP contribution in [0.4, 0.5) is 5.69 Å². The molecule has 7 nitrogen and oxygen atoms in total. The SMILES string of the molecule is CCC(C)(C)NC(=O)[C@H](c1cccc(OC)c1)N(C(=O)CNC(=O)c1cccs1)c1ccc(C(C)C)cc1. The van der Waals surface area contributed by atoms with E-state index in [4.69, 9.17) is 4.74 Å². The molecule has 0 saturated heterocycles. The van der Waals surface area contributed by atoms with Gasteiger partial charge in [0.15, 0.2) is 0 Å². The maximum Gasteiger partial charge on any atom is 0.261 e. The molecular formula is C30H37N3O4S. The third-order valence-electron chi connectivity index (χ3n) is 6.51. The fourth-order valence-corrected chi connectivity index (χ4v) is 4.55. The first-order chi connectivity index (χ1) is 18.1. The van der Waals surface area contributed by atoms with Gasteiger partial charge in [0.05, 0.1) is 18.5 Å². The first-order valence-electron chi connectivity index (χ1n) is 12.8. The van der Waals surface area contributed by atoms with Gasteiger partial charge in [-0.25, -0.2) is 0 Å². The van der Waals surface area contributed by atoms with E-state index in [0.717, 1.165) is 5.56 Å². The van der Waals surface area contributed by atoms with Crippen molar-refractivity contribution in [3.63, 3.8) is 0 Å². The van der Waals surface area contributed by atoms with Crippen LogP contribution in [-0.2, 0) is 9.59 Å². The number of amides is 3. The molecule has 38 heavy (non-hydrogen) atoms. The topological polar surface area (TPSA) is 87.7 Å². The Bertz CT molecular complexity index is 1240. The number of benzene rings is 2. The maximum absolute atomic E-state index is 13.9. The number of carbonyl (C=O) groups is 3. The Kier molecular flexibility index (Phi) is 9.69. The van der Waals surface area contributed by atoms with Gasteiger partial charge in [-0.2, -0.15) is 0 Å². The van der Waals surface area contributed by atoms with Gasteiger partial charge < -0.3 is 15.4 Å². The molecule has 0 radical (unpaired) electrons. The number of thiophene rings is 1. The van der Waals surface area contributed by atoms with Crippen molar-refractivity contribution in [1.29, 1.82) is 0 Å². The van der Waals surface area contributed by atoms with Crippen LogP contribution in [0.1, 0.15) is 73.8 Å². The number of hydrogen-bond acceptors (Lipinski definition) is 5. The van der Waals surface area contributed by atoms with Crippen LogP contribution >= 0.6 is 11.3 Å². The Balaban J connectivity index is 2.07. The molecule has 0 bridgehead atoms. The van der Waals surface area contributed by atoms with Crippen LogP contribution in [0.5, 0.6) is 5.75 Å². The fraction of sp³-hybridized carbons (Fsp3) is 0.367. The van der Waals surface area contributed by atoms with E-state index in [2.05, 4.69) is 24.5 Å². The minimum absolute atomic E-state index is 0.270. The van der Waals surface area contributed by atoms with Gasteiger partial charge in [0, 0.05) is 11.2 Å². The summed E-state index contributed by atoms with van der Waals surface area (Å²) in [5.41, 5.74) is 1.78. The molecule has 0 aliphatic heterocycles. The van der Waals surface area contributed by atoms with Gasteiger partial charge in [0.1, 0.15) is 11.8 Å². The molecule has 3 rings (SSSR count). The molecule has 3 aromatic rings. The number of ether oxygens (including phenoxy) is 1. The van der Waals surface area contributed by atoms with E-state index >= 15 is 0 Å². The molecule has 1 aromatic heterocycles. The molecule has 2 N–H and O–H groups in total. The van der Waals surface area contributed by atoms with E-state index < -0.39 is 17.5 Å². The molecular weight excluding hydrogens is 498 g/mol. The number of methoxy groups -OCH3 is 1. The first-order valence-corrected chi connectivity index (χ1v) is 13.6. The number of nitrogens with one attached hydrogen (secondary N) is 2. The quantitative estimate of drug-likeness (QED) is 0.330. The van der Waals surface area contributed by atoms with Gasteiger partial charge in [-0.1, -0.05) is 51.1 Å². The normalized spacial score (nSPS) is 12.1. The number of rotatable bonds is 11. The average Bonchev–Trinajstić information content (AvgIpc) is 3.45. The van der Waals surface area contributed by atoms with Gasteiger partial charge in [-0.15, -0.1) is 11.3 Å². The molecule has 1 heterocycles. The van der Waals surface area contributed by atoms with Gasteiger partial charge in [0.2, 0.25) is 11.8 Å². The highest BCUT2D eigenvalue weighted by Gasteiger charge is 2.35. The van der Waals surface area contributed by atoms with Gasteiger partial charge in [0.25, 0.3) is 5.91 Å². The Labute approximate surface area is 229 Å². The molecule has 202 valence electrons. The van der Waals surface area contributed by atoms with Gasteiger partial charge in [-0.05, 0) is 73.0 Å². The zero-order chi connectivity index (χ0) is 27.9. The lowest BCUT2D eigenvalue weighted by molar-refractivity contribution is -0.127. The lowest BCUT2D eigenvalue weighted by Crippen LogP contribution is -2.52. The van der Waals surface area contributed by atoms with Crippen LogP contribution in [0.3, 0.4) is 0 Å². The summed E-state index contributed by atoms with van der Waals surface area (Å²) < 4.78 is 5.42. The number of carbonyl (C=O) groups excluding carboxylic acids is 3. The predicted octanol–water partition coefficient (Wildman–Crippen LogP) is 5.69. The van der Waals surface area contributed by atoms with Crippen molar-refractivity contribution in [2.75, 3.05) is 18.6 Å². The van der Waals surface area contributed by atoms with Crippen molar-refractivity contribution in [3.05, 3.63) is 82.0 Å². The summed E-state index contributed by atoms with van der Waals surface area (Å²) in [5.74, 6) is -0.192. The first kappa shape index (κ1) is 28.9. The third kappa shape index (κ3) is 7.22. The second-order valence-corrected chi connectivity index (χ2v) is 11.0. The van der Waals surface area contributed by atoms with Crippen LogP contribution in [0.25, 0.3) is 0 Å². The van der Waals surface area contributed by atoms with Crippen molar-refractivity contribution in [2.45, 2.75) is 58.5 Å². The van der Waals surface area contributed by atoms with E-state index in [9.17, 15) is 14.4 Å². The molecule has 0 aliphatic carbocycles.